The van der Waals surface area contributed by atoms with E-state index in [2.05, 4.69) is 32.9 Å². The number of hydrogen-bond acceptors (Lipinski definition) is 1. The van der Waals surface area contributed by atoms with Gasteiger partial charge >= 0.3 is 0 Å². The monoisotopic (exact) mass is 224 g/mol. The van der Waals surface area contributed by atoms with E-state index in [4.69, 9.17) is 4.74 Å². The average molecular weight is 224 g/mol. The van der Waals surface area contributed by atoms with Crippen LogP contribution in [0.1, 0.15) is 65.7 Å². The Kier molecular flexibility index (Phi) is 6.79. The molecule has 1 rings (SSSR count). The fourth-order valence-corrected chi connectivity index (χ4v) is 2.28. The highest BCUT2D eigenvalue weighted by atomic mass is 16.5. The molecule has 2 atom stereocenters. The third kappa shape index (κ3) is 5.69. The van der Waals surface area contributed by atoms with Gasteiger partial charge in [-0.3, -0.25) is 0 Å². The average Bonchev–Trinajstić information content (AvgIpc) is 2.64. The summed E-state index contributed by atoms with van der Waals surface area (Å²) >= 11 is 0. The van der Waals surface area contributed by atoms with Crippen LogP contribution in [0.25, 0.3) is 0 Å². The van der Waals surface area contributed by atoms with E-state index in [1.807, 2.05) is 0 Å². The molecule has 1 heterocycles. The van der Waals surface area contributed by atoms with Crippen molar-refractivity contribution >= 4 is 0 Å². The molecule has 0 bridgehead atoms. The molecule has 0 saturated carbocycles. The highest BCUT2D eigenvalue weighted by molar-refractivity contribution is 5.02. The molecule has 1 aliphatic rings. The van der Waals surface area contributed by atoms with Gasteiger partial charge in [-0.25, -0.2) is 0 Å². The fraction of sp³-hybridized carbons (Fsp3) is 0.867. The van der Waals surface area contributed by atoms with E-state index in [9.17, 15) is 0 Å². The summed E-state index contributed by atoms with van der Waals surface area (Å²) in [6.45, 7) is 6.78. The minimum absolute atomic E-state index is 0.389. The van der Waals surface area contributed by atoms with E-state index < -0.39 is 0 Å². The molecular formula is C15H28O. The zero-order valence-corrected chi connectivity index (χ0v) is 11.2. The van der Waals surface area contributed by atoms with Crippen molar-refractivity contribution in [3.63, 3.8) is 0 Å². The Morgan fingerprint density at radius 3 is 2.38 bits per heavy atom. The molecule has 2 unspecified atom stereocenters. The minimum Gasteiger partial charge on any atom is -0.367 e. The van der Waals surface area contributed by atoms with E-state index in [0.29, 0.717) is 12.2 Å². The molecule has 0 aromatic heterocycles. The summed E-state index contributed by atoms with van der Waals surface area (Å²) in [7, 11) is 0. The summed E-state index contributed by atoms with van der Waals surface area (Å²) in [5, 5.41) is 0. The van der Waals surface area contributed by atoms with Crippen LogP contribution in [0.5, 0.6) is 0 Å². The molecule has 0 fully saturated rings. The first kappa shape index (κ1) is 13.8. The summed E-state index contributed by atoms with van der Waals surface area (Å²) in [5.41, 5.74) is 0. The quantitative estimate of drug-likeness (QED) is 0.428. The lowest BCUT2D eigenvalue weighted by molar-refractivity contribution is 0.0435. The van der Waals surface area contributed by atoms with Crippen LogP contribution >= 0.6 is 0 Å². The molecule has 0 amide bonds. The maximum absolute atomic E-state index is 5.97. The molecule has 1 nitrogen and oxygen atoms in total. The lowest BCUT2D eigenvalue weighted by Gasteiger charge is -2.15. The third-order valence-electron chi connectivity index (χ3n) is 3.19. The third-order valence-corrected chi connectivity index (χ3v) is 3.19. The van der Waals surface area contributed by atoms with Crippen molar-refractivity contribution < 1.29 is 4.74 Å². The standard InChI is InChI=1S/C15H28O/c1-4-5-6-7-8-9-14-10-11-15(16-14)12-13(2)3/h10-11,13-15H,4-9,12H2,1-3H3. The molecule has 16 heavy (non-hydrogen) atoms. The molecule has 0 spiro atoms. The van der Waals surface area contributed by atoms with Gasteiger partial charge in [-0.1, -0.05) is 65.0 Å². The second-order valence-corrected chi connectivity index (χ2v) is 5.43. The summed E-state index contributed by atoms with van der Waals surface area (Å²) < 4.78 is 5.97. The van der Waals surface area contributed by atoms with E-state index >= 15 is 0 Å². The van der Waals surface area contributed by atoms with Crippen LogP contribution in [-0.2, 0) is 4.74 Å². The molecule has 0 aromatic carbocycles. The Hall–Kier alpha value is -0.300. The highest BCUT2D eigenvalue weighted by Crippen LogP contribution is 2.21. The Morgan fingerprint density at radius 1 is 1.00 bits per heavy atom. The second kappa shape index (κ2) is 7.89. The van der Waals surface area contributed by atoms with Crippen LogP contribution in [0.4, 0.5) is 0 Å². The Labute approximate surface area is 101 Å². The van der Waals surface area contributed by atoms with Gasteiger partial charge in [-0.2, -0.15) is 0 Å². The predicted octanol–water partition coefficient (Wildman–Crippen LogP) is 4.72. The number of rotatable bonds is 8. The van der Waals surface area contributed by atoms with E-state index in [1.54, 1.807) is 0 Å². The summed E-state index contributed by atoms with van der Waals surface area (Å²) in [6, 6.07) is 0. The first-order chi connectivity index (χ1) is 7.72. The summed E-state index contributed by atoms with van der Waals surface area (Å²) in [4.78, 5) is 0. The molecule has 0 radical (unpaired) electrons. The van der Waals surface area contributed by atoms with Crippen LogP contribution in [-0.4, -0.2) is 12.2 Å². The highest BCUT2D eigenvalue weighted by Gasteiger charge is 2.19. The lowest BCUT2D eigenvalue weighted by atomic mass is 10.1. The first-order valence-electron chi connectivity index (χ1n) is 7.06. The Bertz CT molecular complexity index is 196. The fourth-order valence-electron chi connectivity index (χ4n) is 2.28. The first-order valence-corrected chi connectivity index (χ1v) is 7.06. The van der Waals surface area contributed by atoms with Gasteiger partial charge in [-0.05, 0) is 18.8 Å². The maximum atomic E-state index is 5.97. The normalized spacial score (nSPS) is 24.5. The largest absolute Gasteiger partial charge is 0.367 e. The van der Waals surface area contributed by atoms with E-state index in [0.717, 1.165) is 5.92 Å². The Morgan fingerprint density at radius 2 is 1.69 bits per heavy atom. The molecule has 94 valence electrons. The Balaban J connectivity index is 2.02. The maximum Gasteiger partial charge on any atom is 0.0767 e. The van der Waals surface area contributed by atoms with Crippen molar-refractivity contribution in [1.29, 1.82) is 0 Å². The van der Waals surface area contributed by atoms with Crippen molar-refractivity contribution in [3.05, 3.63) is 12.2 Å². The van der Waals surface area contributed by atoms with Gasteiger partial charge in [0.1, 0.15) is 0 Å². The summed E-state index contributed by atoms with van der Waals surface area (Å²) in [6.07, 6.45) is 14.5. The van der Waals surface area contributed by atoms with Crippen LogP contribution in [0.15, 0.2) is 12.2 Å². The van der Waals surface area contributed by atoms with Crippen LogP contribution < -0.4 is 0 Å². The zero-order valence-electron chi connectivity index (χ0n) is 11.2. The van der Waals surface area contributed by atoms with Gasteiger partial charge in [0.05, 0.1) is 12.2 Å². The van der Waals surface area contributed by atoms with E-state index in [-0.39, 0.29) is 0 Å². The van der Waals surface area contributed by atoms with Gasteiger partial charge in [0.2, 0.25) is 0 Å². The van der Waals surface area contributed by atoms with Gasteiger partial charge < -0.3 is 4.74 Å². The van der Waals surface area contributed by atoms with Gasteiger partial charge in [0.25, 0.3) is 0 Å². The predicted molar refractivity (Wildman–Crippen MR) is 70.6 cm³/mol. The topological polar surface area (TPSA) is 9.23 Å². The molecule has 1 heteroatoms. The van der Waals surface area contributed by atoms with Crippen molar-refractivity contribution in [3.8, 4) is 0 Å². The van der Waals surface area contributed by atoms with Crippen molar-refractivity contribution in [2.75, 3.05) is 0 Å². The summed E-state index contributed by atoms with van der Waals surface area (Å²) in [5.74, 6) is 0.734. The van der Waals surface area contributed by atoms with Gasteiger partial charge in [0.15, 0.2) is 0 Å². The zero-order chi connectivity index (χ0) is 11.8. The lowest BCUT2D eigenvalue weighted by Crippen LogP contribution is -2.14. The minimum atomic E-state index is 0.389. The molecule has 0 aliphatic carbocycles. The molecule has 0 N–H and O–H groups in total. The SMILES string of the molecule is CCCCCCCC1C=CC(CC(C)C)O1. The van der Waals surface area contributed by atoms with Crippen LogP contribution in [0.2, 0.25) is 0 Å². The molecular weight excluding hydrogens is 196 g/mol. The van der Waals surface area contributed by atoms with Gasteiger partial charge in [-0.15, -0.1) is 0 Å². The number of ether oxygens (including phenoxy) is 1. The second-order valence-electron chi connectivity index (χ2n) is 5.43. The van der Waals surface area contributed by atoms with Gasteiger partial charge in [0, 0.05) is 0 Å². The van der Waals surface area contributed by atoms with Crippen molar-refractivity contribution in [1.82, 2.24) is 0 Å². The number of hydrogen-bond donors (Lipinski definition) is 0. The van der Waals surface area contributed by atoms with Crippen LogP contribution in [0, 0.1) is 5.92 Å². The van der Waals surface area contributed by atoms with Crippen LogP contribution in [0.3, 0.4) is 0 Å². The number of unbranched alkanes of at least 4 members (excludes halogenated alkanes) is 4. The molecule has 1 aliphatic heterocycles. The molecule has 0 saturated heterocycles. The smallest absolute Gasteiger partial charge is 0.0767 e. The van der Waals surface area contributed by atoms with E-state index in [1.165, 1.54) is 44.9 Å². The van der Waals surface area contributed by atoms with Crippen molar-refractivity contribution in [2.45, 2.75) is 77.9 Å². The van der Waals surface area contributed by atoms with Crippen molar-refractivity contribution in [2.24, 2.45) is 5.92 Å². The molecule has 0 aromatic rings.